The van der Waals surface area contributed by atoms with Crippen LogP contribution in [-0.4, -0.2) is 23.8 Å². The van der Waals surface area contributed by atoms with Crippen molar-refractivity contribution in [2.24, 2.45) is 0 Å². The van der Waals surface area contributed by atoms with Gasteiger partial charge in [-0.25, -0.2) is 4.39 Å². The molecule has 1 aromatic carbocycles. The quantitative estimate of drug-likeness (QED) is 0.620. The van der Waals surface area contributed by atoms with Crippen molar-refractivity contribution >= 4 is 23.9 Å². The molecule has 2 N–H and O–H groups in total. The van der Waals surface area contributed by atoms with Gasteiger partial charge in [-0.2, -0.15) is 0 Å². The van der Waals surface area contributed by atoms with Crippen LogP contribution in [0.1, 0.15) is 10.4 Å². The standard InChI is InChI=1S/C13H14BFO3S/c15-13-8-11(14(16)17)4-3-10(13)9-18-6-5-12-2-1-7-19-12/h1-4,7-8,16-17H,5-6,9H2. The summed E-state index contributed by atoms with van der Waals surface area (Å²) in [4.78, 5) is 1.24. The third kappa shape index (κ3) is 4.14. The van der Waals surface area contributed by atoms with E-state index in [0.717, 1.165) is 12.5 Å². The molecule has 0 saturated carbocycles. The zero-order chi connectivity index (χ0) is 13.7. The van der Waals surface area contributed by atoms with Crippen LogP contribution in [0.2, 0.25) is 0 Å². The molecule has 2 aromatic rings. The van der Waals surface area contributed by atoms with Crippen molar-refractivity contribution in [3.8, 4) is 0 Å². The largest absolute Gasteiger partial charge is 0.488 e. The second kappa shape index (κ2) is 6.82. The number of rotatable bonds is 6. The molecule has 0 aliphatic rings. The summed E-state index contributed by atoms with van der Waals surface area (Å²) in [5.41, 5.74) is 0.551. The maximum atomic E-state index is 13.6. The second-order valence-electron chi connectivity index (χ2n) is 4.11. The van der Waals surface area contributed by atoms with Crippen LogP contribution in [0.4, 0.5) is 4.39 Å². The van der Waals surface area contributed by atoms with E-state index in [4.69, 9.17) is 14.8 Å². The zero-order valence-corrected chi connectivity index (χ0v) is 11.1. The van der Waals surface area contributed by atoms with Crippen LogP contribution in [-0.2, 0) is 17.8 Å². The van der Waals surface area contributed by atoms with Gasteiger partial charge in [0, 0.05) is 16.9 Å². The molecule has 0 aliphatic carbocycles. The summed E-state index contributed by atoms with van der Waals surface area (Å²) in [7, 11) is -1.65. The van der Waals surface area contributed by atoms with E-state index in [-0.39, 0.29) is 12.1 Å². The minimum Gasteiger partial charge on any atom is -0.423 e. The van der Waals surface area contributed by atoms with E-state index >= 15 is 0 Å². The highest BCUT2D eigenvalue weighted by molar-refractivity contribution is 7.09. The number of hydrogen-bond acceptors (Lipinski definition) is 4. The molecule has 1 aromatic heterocycles. The molecule has 3 nitrogen and oxygen atoms in total. The summed E-state index contributed by atoms with van der Waals surface area (Å²) in [5.74, 6) is -0.485. The maximum absolute atomic E-state index is 13.6. The maximum Gasteiger partial charge on any atom is 0.488 e. The second-order valence-corrected chi connectivity index (χ2v) is 5.14. The molecule has 0 fully saturated rings. The van der Waals surface area contributed by atoms with Gasteiger partial charge in [0.15, 0.2) is 0 Å². The van der Waals surface area contributed by atoms with Crippen LogP contribution in [0.15, 0.2) is 35.7 Å². The Morgan fingerprint density at radius 3 is 2.74 bits per heavy atom. The van der Waals surface area contributed by atoms with E-state index in [9.17, 15) is 4.39 Å². The first-order valence-electron chi connectivity index (χ1n) is 5.91. The van der Waals surface area contributed by atoms with Gasteiger partial charge in [0.1, 0.15) is 5.82 Å². The fraction of sp³-hybridized carbons (Fsp3) is 0.231. The number of hydrogen-bond donors (Lipinski definition) is 2. The van der Waals surface area contributed by atoms with Gasteiger partial charge < -0.3 is 14.8 Å². The molecule has 1 heterocycles. The first kappa shape index (κ1) is 14.2. The molecule has 100 valence electrons. The molecular formula is C13H14BFO3S. The van der Waals surface area contributed by atoms with Gasteiger partial charge in [-0.15, -0.1) is 11.3 Å². The molecular weight excluding hydrogens is 266 g/mol. The number of benzene rings is 1. The summed E-state index contributed by atoms with van der Waals surface area (Å²) in [6.07, 6.45) is 0.812. The van der Waals surface area contributed by atoms with E-state index < -0.39 is 12.9 Å². The van der Waals surface area contributed by atoms with Crippen molar-refractivity contribution in [2.45, 2.75) is 13.0 Å². The summed E-state index contributed by atoms with van der Waals surface area (Å²) in [6, 6.07) is 8.12. The van der Waals surface area contributed by atoms with Crippen LogP contribution >= 0.6 is 11.3 Å². The summed E-state index contributed by atoms with van der Waals surface area (Å²) in [5, 5.41) is 19.8. The molecule has 0 unspecified atom stereocenters. The first-order valence-corrected chi connectivity index (χ1v) is 6.79. The van der Waals surface area contributed by atoms with E-state index in [1.54, 1.807) is 11.3 Å². The summed E-state index contributed by atoms with van der Waals surface area (Å²) < 4.78 is 19.0. The van der Waals surface area contributed by atoms with Crippen molar-refractivity contribution in [3.05, 3.63) is 52.0 Å². The predicted octanol–water partition coefficient (Wildman–Crippen LogP) is 1.33. The third-order valence-corrected chi connectivity index (χ3v) is 3.64. The average Bonchev–Trinajstić information content (AvgIpc) is 2.89. The van der Waals surface area contributed by atoms with Crippen LogP contribution in [0, 0.1) is 5.82 Å². The lowest BCUT2D eigenvalue weighted by Gasteiger charge is -2.07. The molecule has 0 amide bonds. The molecule has 2 rings (SSSR count). The Kier molecular flexibility index (Phi) is 5.10. The van der Waals surface area contributed by atoms with Gasteiger partial charge in [-0.05, 0) is 23.0 Å². The number of halogens is 1. The lowest BCUT2D eigenvalue weighted by molar-refractivity contribution is 0.122. The average molecular weight is 280 g/mol. The van der Waals surface area contributed by atoms with Gasteiger partial charge in [0.05, 0.1) is 13.2 Å². The Labute approximate surface area is 115 Å². The Bertz CT molecular complexity index is 517. The monoisotopic (exact) mass is 280 g/mol. The minimum absolute atomic E-state index is 0.139. The van der Waals surface area contributed by atoms with Crippen LogP contribution in [0.3, 0.4) is 0 Å². The Hall–Kier alpha value is -1.21. The van der Waals surface area contributed by atoms with Crippen molar-refractivity contribution < 1.29 is 19.2 Å². The van der Waals surface area contributed by atoms with E-state index in [1.807, 2.05) is 17.5 Å². The molecule has 0 saturated heterocycles. The lowest BCUT2D eigenvalue weighted by Crippen LogP contribution is -2.30. The minimum atomic E-state index is -1.65. The van der Waals surface area contributed by atoms with Crippen molar-refractivity contribution in [1.82, 2.24) is 0 Å². The number of thiophene rings is 1. The highest BCUT2D eigenvalue weighted by Crippen LogP contribution is 2.11. The van der Waals surface area contributed by atoms with E-state index in [0.29, 0.717) is 12.2 Å². The van der Waals surface area contributed by atoms with Crippen LogP contribution in [0.5, 0.6) is 0 Å². The van der Waals surface area contributed by atoms with Gasteiger partial charge in [0.2, 0.25) is 0 Å². The Morgan fingerprint density at radius 1 is 1.26 bits per heavy atom. The molecule has 6 heteroatoms. The smallest absolute Gasteiger partial charge is 0.423 e. The normalized spacial score (nSPS) is 10.7. The highest BCUT2D eigenvalue weighted by Gasteiger charge is 2.13. The molecule has 0 aliphatic heterocycles. The highest BCUT2D eigenvalue weighted by atomic mass is 32.1. The van der Waals surface area contributed by atoms with E-state index in [1.165, 1.54) is 17.0 Å². The van der Waals surface area contributed by atoms with Gasteiger partial charge >= 0.3 is 7.12 Å². The SMILES string of the molecule is OB(O)c1ccc(COCCc2cccs2)c(F)c1. The van der Waals surface area contributed by atoms with Crippen molar-refractivity contribution in [1.29, 1.82) is 0 Å². The fourth-order valence-corrected chi connectivity index (χ4v) is 2.34. The fourth-order valence-electron chi connectivity index (χ4n) is 1.65. The number of ether oxygens (including phenoxy) is 1. The third-order valence-electron chi connectivity index (χ3n) is 2.71. The zero-order valence-electron chi connectivity index (χ0n) is 10.3. The molecule has 0 atom stereocenters. The molecule has 0 bridgehead atoms. The summed E-state index contributed by atoms with van der Waals surface area (Å²) in [6.45, 7) is 0.712. The topological polar surface area (TPSA) is 49.7 Å². The van der Waals surface area contributed by atoms with E-state index in [2.05, 4.69) is 0 Å². The molecule has 19 heavy (non-hydrogen) atoms. The summed E-state index contributed by atoms with van der Waals surface area (Å²) >= 11 is 1.67. The predicted molar refractivity (Wildman–Crippen MR) is 73.9 cm³/mol. The Morgan fingerprint density at radius 2 is 2.11 bits per heavy atom. The van der Waals surface area contributed by atoms with Gasteiger partial charge in [-0.3, -0.25) is 0 Å². The van der Waals surface area contributed by atoms with Crippen LogP contribution in [0.25, 0.3) is 0 Å². The van der Waals surface area contributed by atoms with Gasteiger partial charge in [0.25, 0.3) is 0 Å². The lowest BCUT2D eigenvalue weighted by atomic mass is 9.80. The first-order chi connectivity index (χ1) is 9.16. The van der Waals surface area contributed by atoms with Crippen molar-refractivity contribution in [2.75, 3.05) is 6.61 Å². The van der Waals surface area contributed by atoms with Gasteiger partial charge in [-0.1, -0.05) is 18.2 Å². The molecule has 0 radical (unpaired) electrons. The Balaban J connectivity index is 1.82. The van der Waals surface area contributed by atoms with Crippen LogP contribution < -0.4 is 5.46 Å². The molecule has 0 spiro atoms. The van der Waals surface area contributed by atoms with Crippen molar-refractivity contribution in [3.63, 3.8) is 0 Å².